The Morgan fingerprint density at radius 3 is 2.58 bits per heavy atom. The molecule has 1 aliphatic rings. The van der Waals surface area contributed by atoms with Gasteiger partial charge in [-0.3, -0.25) is 9.58 Å². The SMILES string of the molecule is CN(CC1CC1)C(CN)c1cn(C)nc1C(C)(C)C. The van der Waals surface area contributed by atoms with E-state index in [4.69, 9.17) is 5.73 Å². The second-order valence-corrected chi connectivity index (χ2v) is 6.99. The van der Waals surface area contributed by atoms with Crippen LogP contribution in [0.1, 0.15) is 50.9 Å². The zero-order valence-corrected chi connectivity index (χ0v) is 13.0. The Balaban J connectivity index is 2.26. The average molecular weight is 264 g/mol. The first-order chi connectivity index (χ1) is 8.82. The van der Waals surface area contributed by atoms with Crippen molar-refractivity contribution in [2.45, 2.75) is 45.1 Å². The van der Waals surface area contributed by atoms with Crippen LogP contribution < -0.4 is 5.73 Å². The number of likely N-dealkylation sites (N-methyl/N-ethyl adjacent to an activating group) is 1. The Bertz CT molecular complexity index is 426. The third-order valence-corrected chi connectivity index (χ3v) is 3.92. The first-order valence-electron chi connectivity index (χ1n) is 7.27. The molecule has 1 aliphatic carbocycles. The summed E-state index contributed by atoms with van der Waals surface area (Å²) in [5.74, 6) is 0.883. The third kappa shape index (κ3) is 3.37. The van der Waals surface area contributed by atoms with Crippen LogP contribution >= 0.6 is 0 Å². The minimum atomic E-state index is 0.0600. The normalized spacial score (nSPS) is 18.1. The smallest absolute Gasteiger partial charge is 0.0726 e. The Labute approximate surface area is 117 Å². The van der Waals surface area contributed by atoms with E-state index < -0.39 is 0 Å². The van der Waals surface area contributed by atoms with Crippen LogP contribution in [0.5, 0.6) is 0 Å². The van der Waals surface area contributed by atoms with Gasteiger partial charge in [-0.25, -0.2) is 0 Å². The molecular formula is C15H28N4. The molecule has 4 heteroatoms. The van der Waals surface area contributed by atoms with Gasteiger partial charge in [0.25, 0.3) is 0 Å². The van der Waals surface area contributed by atoms with Crippen molar-refractivity contribution in [2.24, 2.45) is 18.7 Å². The van der Waals surface area contributed by atoms with Crippen LogP contribution in [-0.2, 0) is 12.5 Å². The lowest BCUT2D eigenvalue weighted by Crippen LogP contribution is -2.33. The van der Waals surface area contributed by atoms with Gasteiger partial charge in [0.05, 0.1) is 11.7 Å². The highest BCUT2D eigenvalue weighted by Crippen LogP contribution is 2.34. The monoisotopic (exact) mass is 264 g/mol. The van der Waals surface area contributed by atoms with E-state index in [0.29, 0.717) is 6.54 Å². The van der Waals surface area contributed by atoms with Crippen molar-refractivity contribution in [2.75, 3.05) is 20.1 Å². The maximum absolute atomic E-state index is 6.04. The summed E-state index contributed by atoms with van der Waals surface area (Å²) in [6, 6.07) is 0.281. The fourth-order valence-corrected chi connectivity index (χ4v) is 2.71. The van der Waals surface area contributed by atoms with Crippen LogP contribution in [0.15, 0.2) is 6.20 Å². The Morgan fingerprint density at radius 2 is 2.11 bits per heavy atom. The zero-order valence-electron chi connectivity index (χ0n) is 13.0. The molecule has 0 bridgehead atoms. The molecule has 0 radical (unpaired) electrons. The van der Waals surface area contributed by atoms with Crippen LogP contribution in [-0.4, -0.2) is 34.8 Å². The molecule has 1 aromatic rings. The van der Waals surface area contributed by atoms with E-state index in [9.17, 15) is 0 Å². The largest absolute Gasteiger partial charge is 0.329 e. The Morgan fingerprint density at radius 1 is 1.47 bits per heavy atom. The molecule has 1 unspecified atom stereocenters. The van der Waals surface area contributed by atoms with E-state index in [0.717, 1.165) is 12.5 Å². The minimum absolute atomic E-state index is 0.0600. The highest BCUT2D eigenvalue weighted by Gasteiger charge is 2.30. The summed E-state index contributed by atoms with van der Waals surface area (Å²) in [5, 5.41) is 4.66. The number of aromatic nitrogens is 2. The maximum Gasteiger partial charge on any atom is 0.0726 e. The summed E-state index contributed by atoms with van der Waals surface area (Å²) in [6.45, 7) is 8.45. The molecule has 4 nitrogen and oxygen atoms in total. The lowest BCUT2D eigenvalue weighted by molar-refractivity contribution is 0.238. The predicted octanol–water partition coefficient (Wildman–Crippen LogP) is 2.06. The molecule has 1 atom stereocenters. The van der Waals surface area contributed by atoms with Crippen LogP contribution in [0.4, 0.5) is 0 Å². The first-order valence-corrected chi connectivity index (χ1v) is 7.27. The number of hydrogen-bond acceptors (Lipinski definition) is 3. The molecule has 19 heavy (non-hydrogen) atoms. The van der Waals surface area contributed by atoms with Crippen LogP contribution in [0.25, 0.3) is 0 Å². The molecule has 1 saturated carbocycles. The van der Waals surface area contributed by atoms with Gasteiger partial charge in [0.15, 0.2) is 0 Å². The van der Waals surface area contributed by atoms with Crippen molar-refractivity contribution in [3.8, 4) is 0 Å². The van der Waals surface area contributed by atoms with E-state index >= 15 is 0 Å². The average Bonchev–Trinajstić information content (AvgIpc) is 3.00. The minimum Gasteiger partial charge on any atom is -0.329 e. The van der Waals surface area contributed by atoms with Gasteiger partial charge in [0, 0.05) is 37.3 Å². The molecule has 108 valence electrons. The Kier molecular flexibility index (Phi) is 4.02. The van der Waals surface area contributed by atoms with E-state index in [1.165, 1.54) is 24.1 Å². The molecule has 0 aliphatic heterocycles. The van der Waals surface area contributed by atoms with Crippen molar-refractivity contribution in [3.05, 3.63) is 17.5 Å². The summed E-state index contributed by atoms with van der Waals surface area (Å²) in [7, 11) is 4.18. The van der Waals surface area contributed by atoms with E-state index in [-0.39, 0.29) is 11.5 Å². The molecule has 0 aromatic carbocycles. The molecule has 2 rings (SSSR count). The first kappa shape index (κ1) is 14.5. The molecule has 2 N–H and O–H groups in total. The van der Waals surface area contributed by atoms with Gasteiger partial charge in [-0.15, -0.1) is 0 Å². The van der Waals surface area contributed by atoms with Gasteiger partial charge in [0.1, 0.15) is 0 Å². The van der Waals surface area contributed by atoms with Crippen molar-refractivity contribution >= 4 is 0 Å². The number of aryl methyl sites for hydroxylation is 1. The van der Waals surface area contributed by atoms with Crippen LogP contribution in [0.2, 0.25) is 0 Å². The number of hydrogen-bond donors (Lipinski definition) is 1. The summed E-state index contributed by atoms with van der Waals surface area (Å²) in [5.41, 5.74) is 8.57. The summed E-state index contributed by atoms with van der Waals surface area (Å²) >= 11 is 0. The van der Waals surface area contributed by atoms with Crippen molar-refractivity contribution in [1.82, 2.24) is 14.7 Å². The molecule has 1 aromatic heterocycles. The topological polar surface area (TPSA) is 47.1 Å². The molecule has 1 heterocycles. The fraction of sp³-hybridized carbons (Fsp3) is 0.800. The van der Waals surface area contributed by atoms with Gasteiger partial charge in [-0.05, 0) is 25.8 Å². The van der Waals surface area contributed by atoms with E-state index in [1.807, 2.05) is 11.7 Å². The van der Waals surface area contributed by atoms with Crippen LogP contribution in [0, 0.1) is 5.92 Å². The highest BCUT2D eigenvalue weighted by atomic mass is 15.3. The van der Waals surface area contributed by atoms with Crippen molar-refractivity contribution in [3.63, 3.8) is 0 Å². The summed E-state index contributed by atoms with van der Waals surface area (Å²) < 4.78 is 1.92. The van der Waals surface area contributed by atoms with Gasteiger partial charge >= 0.3 is 0 Å². The lowest BCUT2D eigenvalue weighted by Gasteiger charge is -2.29. The fourth-order valence-electron chi connectivity index (χ4n) is 2.71. The van der Waals surface area contributed by atoms with E-state index in [1.54, 1.807) is 0 Å². The van der Waals surface area contributed by atoms with Crippen molar-refractivity contribution < 1.29 is 0 Å². The maximum atomic E-state index is 6.04. The number of nitrogens with zero attached hydrogens (tertiary/aromatic N) is 3. The summed E-state index contributed by atoms with van der Waals surface area (Å²) in [4.78, 5) is 2.41. The molecule has 0 amide bonds. The molecular weight excluding hydrogens is 236 g/mol. The van der Waals surface area contributed by atoms with E-state index in [2.05, 4.69) is 44.0 Å². The van der Waals surface area contributed by atoms with Crippen LogP contribution in [0.3, 0.4) is 0 Å². The van der Waals surface area contributed by atoms with Crippen molar-refractivity contribution in [1.29, 1.82) is 0 Å². The standard InChI is InChI=1S/C15H28N4/c1-15(2,3)14-12(10-19(5)17-14)13(8-16)18(4)9-11-6-7-11/h10-11,13H,6-9,16H2,1-5H3. The molecule has 0 saturated heterocycles. The second-order valence-electron chi connectivity index (χ2n) is 6.99. The lowest BCUT2D eigenvalue weighted by atomic mass is 9.87. The molecule has 0 spiro atoms. The van der Waals surface area contributed by atoms with Gasteiger partial charge in [-0.1, -0.05) is 20.8 Å². The predicted molar refractivity (Wildman–Crippen MR) is 79.1 cm³/mol. The van der Waals surface area contributed by atoms with Gasteiger partial charge < -0.3 is 5.73 Å². The number of rotatable bonds is 5. The molecule has 1 fully saturated rings. The van der Waals surface area contributed by atoms with Gasteiger partial charge in [-0.2, -0.15) is 5.10 Å². The summed E-state index contributed by atoms with van der Waals surface area (Å²) in [6.07, 6.45) is 4.89. The van der Waals surface area contributed by atoms with Gasteiger partial charge in [0.2, 0.25) is 0 Å². The quantitative estimate of drug-likeness (QED) is 0.885. The highest BCUT2D eigenvalue weighted by molar-refractivity contribution is 5.27. The third-order valence-electron chi connectivity index (χ3n) is 3.92. The number of nitrogens with two attached hydrogens (primary N) is 1. The Hall–Kier alpha value is -0.870. The second kappa shape index (κ2) is 5.25. The zero-order chi connectivity index (χ0) is 14.2.